The monoisotopic (exact) mass is 527 g/mol. The Bertz CT molecular complexity index is 1520. The van der Waals surface area contributed by atoms with Gasteiger partial charge in [0.05, 0.1) is 23.8 Å². The van der Waals surface area contributed by atoms with Crippen molar-refractivity contribution in [2.45, 2.75) is 18.7 Å². The number of benzene rings is 3. The standard InChI is InChI=1S/C28H21N3O6S/c1-35-23-13-17(11-12-22(23)36-25(32)15-24-26(33)29-28(34)38-24)27-31-20(18-9-5-6-10-21(18)37-27)14-19(30-31)16-7-3-2-4-8-16/h2-13,15,20,27H,14H2,1H3,(H,29,33,34). The normalized spacial score (nSPS) is 20.8. The average Bonchev–Trinajstić information content (AvgIpc) is 3.52. The number of ether oxygens (including phenoxy) is 3. The fourth-order valence-corrected chi connectivity index (χ4v) is 5.29. The minimum atomic E-state index is -0.803. The van der Waals surface area contributed by atoms with Crippen molar-refractivity contribution in [3.63, 3.8) is 0 Å². The molecular weight excluding hydrogens is 506 g/mol. The van der Waals surface area contributed by atoms with Crippen LogP contribution in [0.2, 0.25) is 0 Å². The van der Waals surface area contributed by atoms with Crippen LogP contribution in [-0.4, -0.2) is 34.9 Å². The molecule has 1 N–H and O–H groups in total. The molecule has 0 aliphatic carbocycles. The molecule has 38 heavy (non-hydrogen) atoms. The van der Waals surface area contributed by atoms with Gasteiger partial charge in [-0.15, -0.1) is 0 Å². The van der Waals surface area contributed by atoms with Crippen molar-refractivity contribution >= 4 is 34.6 Å². The maximum Gasteiger partial charge on any atom is 0.337 e. The van der Waals surface area contributed by atoms with Gasteiger partial charge in [0.15, 0.2) is 11.5 Å². The Morgan fingerprint density at radius 3 is 2.63 bits per heavy atom. The zero-order chi connectivity index (χ0) is 26.2. The van der Waals surface area contributed by atoms with Crippen LogP contribution in [0.15, 0.2) is 88.9 Å². The zero-order valence-electron chi connectivity index (χ0n) is 20.1. The maximum atomic E-state index is 12.4. The van der Waals surface area contributed by atoms with Crippen molar-refractivity contribution in [3.05, 3.63) is 100 Å². The Kier molecular flexibility index (Phi) is 6.09. The third kappa shape index (κ3) is 4.39. The lowest BCUT2D eigenvalue weighted by atomic mass is 9.96. The highest BCUT2D eigenvalue weighted by Crippen LogP contribution is 2.48. The van der Waals surface area contributed by atoms with E-state index in [9.17, 15) is 14.4 Å². The number of carbonyl (C=O) groups excluding carboxylic acids is 3. The highest BCUT2D eigenvalue weighted by atomic mass is 32.2. The van der Waals surface area contributed by atoms with E-state index in [4.69, 9.17) is 19.3 Å². The quantitative estimate of drug-likeness (QED) is 0.289. The van der Waals surface area contributed by atoms with E-state index in [0.717, 1.165) is 40.6 Å². The number of hydrogen-bond donors (Lipinski definition) is 1. The van der Waals surface area contributed by atoms with Gasteiger partial charge in [-0.1, -0.05) is 48.5 Å². The molecule has 0 saturated carbocycles. The van der Waals surface area contributed by atoms with Crippen molar-refractivity contribution in [2.75, 3.05) is 7.11 Å². The van der Waals surface area contributed by atoms with Crippen LogP contribution >= 0.6 is 11.8 Å². The van der Waals surface area contributed by atoms with Gasteiger partial charge in [-0.3, -0.25) is 14.9 Å². The number of imide groups is 1. The number of esters is 1. The van der Waals surface area contributed by atoms with Gasteiger partial charge in [-0.25, -0.2) is 9.80 Å². The molecular formula is C28H21N3O6S. The minimum Gasteiger partial charge on any atom is -0.493 e. The van der Waals surface area contributed by atoms with Crippen molar-refractivity contribution in [3.8, 4) is 17.2 Å². The van der Waals surface area contributed by atoms with Crippen LogP contribution in [0.5, 0.6) is 17.2 Å². The lowest BCUT2D eigenvalue weighted by Gasteiger charge is -2.38. The third-order valence-corrected chi connectivity index (χ3v) is 7.19. The lowest BCUT2D eigenvalue weighted by Crippen LogP contribution is -2.33. The zero-order valence-corrected chi connectivity index (χ0v) is 20.9. The molecule has 3 heterocycles. The number of para-hydroxylation sites is 1. The van der Waals surface area contributed by atoms with Gasteiger partial charge in [-0.05, 0) is 41.6 Å². The molecule has 0 bridgehead atoms. The van der Waals surface area contributed by atoms with E-state index in [-0.39, 0.29) is 16.7 Å². The first kappa shape index (κ1) is 23.8. The molecule has 0 radical (unpaired) electrons. The van der Waals surface area contributed by atoms with Gasteiger partial charge in [0, 0.05) is 23.6 Å². The average molecular weight is 528 g/mol. The lowest BCUT2D eigenvalue weighted by molar-refractivity contribution is -0.129. The van der Waals surface area contributed by atoms with E-state index in [2.05, 4.69) is 11.4 Å². The number of fused-ring (bicyclic) bond motifs is 3. The number of methoxy groups -OCH3 is 1. The molecule has 1 saturated heterocycles. The fourth-order valence-electron chi connectivity index (χ4n) is 4.65. The van der Waals surface area contributed by atoms with Crippen LogP contribution in [0.25, 0.3) is 0 Å². The van der Waals surface area contributed by atoms with Crippen molar-refractivity contribution < 1.29 is 28.6 Å². The molecule has 3 aliphatic rings. The molecule has 3 aromatic carbocycles. The second-order valence-corrected chi connectivity index (χ2v) is 9.72. The Morgan fingerprint density at radius 1 is 1.08 bits per heavy atom. The predicted molar refractivity (Wildman–Crippen MR) is 140 cm³/mol. The molecule has 2 atom stereocenters. The molecule has 10 heteroatoms. The van der Waals surface area contributed by atoms with Crippen LogP contribution in [0.1, 0.15) is 35.4 Å². The first-order valence-corrected chi connectivity index (χ1v) is 12.6. The summed E-state index contributed by atoms with van der Waals surface area (Å²) in [6.07, 6.45) is 1.17. The summed E-state index contributed by atoms with van der Waals surface area (Å²) in [5.74, 6) is -0.186. The van der Waals surface area contributed by atoms with Gasteiger partial charge in [0.1, 0.15) is 5.75 Å². The molecule has 0 aromatic heterocycles. The van der Waals surface area contributed by atoms with Crippen LogP contribution in [0, 0.1) is 0 Å². The van der Waals surface area contributed by atoms with E-state index in [1.165, 1.54) is 7.11 Å². The summed E-state index contributed by atoms with van der Waals surface area (Å²) in [5.41, 5.74) is 3.85. The highest BCUT2D eigenvalue weighted by Gasteiger charge is 2.41. The summed E-state index contributed by atoms with van der Waals surface area (Å²) in [6, 6.07) is 23.1. The van der Waals surface area contributed by atoms with Crippen molar-refractivity contribution in [2.24, 2.45) is 5.10 Å². The van der Waals surface area contributed by atoms with Gasteiger partial charge in [0.25, 0.3) is 11.1 Å². The number of amides is 2. The minimum absolute atomic E-state index is 0.00644. The van der Waals surface area contributed by atoms with E-state index >= 15 is 0 Å². The van der Waals surface area contributed by atoms with Gasteiger partial charge in [0.2, 0.25) is 6.23 Å². The van der Waals surface area contributed by atoms with E-state index in [1.54, 1.807) is 18.2 Å². The molecule has 0 spiro atoms. The topological polar surface area (TPSA) is 107 Å². The summed E-state index contributed by atoms with van der Waals surface area (Å²) in [5, 5.41) is 8.48. The van der Waals surface area contributed by atoms with Crippen LogP contribution in [-0.2, 0) is 9.59 Å². The number of carbonyl (C=O) groups is 3. The first-order chi connectivity index (χ1) is 18.5. The predicted octanol–water partition coefficient (Wildman–Crippen LogP) is 4.71. The van der Waals surface area contributed by atoms with Gasteiger partial charge < -0.3 is 14.2 Å². The van der Waals surface area contributed by atoms with E-state index in [0.29, 0.717) is 17.5 Å². The van der Waals surface area contributed by atoms with Crippen LogP contribution in [0.3, 0.4) is 0 Å². The summed E-state index contributed by atoms with van der Waals surface area (Å²) in [7, 11) is 1.47. The molecule has 3 aliphatic heterocycles. The van der Waals surface area contributed by atoms with E-state index in [1.807, 2.05) is 53.5 Å². The molecule has 3 aromatic rings. The number of nitrogens with zero attached hydrogens (tertiary/aromatic N) is 2. The first-order valence-electron chi connectivity index (χ1n) is 11.8. The Hall–Kier alpha value is -4.57. The molecule has 1 fully saturated rings. The number of rotatable bonds is 5. The molecule has 6 rings (SSSR count). The largest absolute Gasteiger partial charge is 0.493 e. The Labute approximate surface area is 222 Å². The highest BCUT2D eigenvalue weighted by molar-refractivity contribution is 8.18. The van der Waals surface area contributed by atoms with Gasteiger partial charge in [-0.2, -0.15) is 5.10 Å². The van der Waals surface area contributed by atoms with Crippen molar-refractivity contribution in [1.29, 1.82) is 0 Å². The molecule has 2 unspecified atom stereocenters. The SMILES string of the molecule is COc1cc(C2Oc3ccccc3C3CC(c4ccccc4)=NN32)ccc1OC(=O)C=C1SC(=O)NC1=O. The summed E-state index contributed by atoms with van der Waals surface area (Å²) in [6.45, 7) is 0. The summed E-state index contributed by atoms with van der Waals surface area (Å²) < 4.78 is 17.3. The number of nitrogens with one attached hydrogen (secondary N) is 1. The molecule has 9 nitrogen and oxygen atoms in total. The number of hydrogen-bond acceptors (Lipinski definition) is 9. The van der Waals surface area contributed by atoms with Gasteiger partial charge >= 0.3 is 5.97 Å². The Balaban J connectivity index is 1.31. The second-order valence-electron chi connectivity index (χ2n) is 8.70. The van der Waals surface area contributed by atoms with Crippen molar-refractivity contribution in [1.82, 2.24) is 10.3 Å². The molecule has 190 valence electrons. The second kappa shape index (κ2) is 9.71. The Morgan fingerprint density at radius 2 is 1.87 bits per heavy atom. The smallest absolute Gasteiger partial charge is 0.337 e. The summed E-state index contributed by atoms with van der Waals surface area (Å²) in [4.78, 5) is 35.5. The van der Waals surface area contributed by atoms with E-state index < -0.39 is 23.3 Å². The summed E-state index contributed by atoms with van der Waals surface area (Å²) >= 11 is 0.640. The fraction of sp³-hybridized carbons (Fsp3) is 0.143. The van der Waals surface area contributed by atoms with Crippen LogP contribution < -0.4 is 19.5 Å². The van der Waals surface area contributed by atoms with Crippen LogP contribution in [0.4, 0.5) is 4.79 Å². The third-order valence-electron chi connectivity index (χ3n) is 6.38. The number of thioether (sulfide) groups is 1. The molecule has 2 amide bonds. The maximum absolute atomic E-state index is 12.4. The number of hydrazone groups is 1.